The third-order valence-corrected chi connectivity index (χ3v) is 4.89. The minimum absolute atomic E-state index is 0.452. The topological polar surface area (TPSA) is 26.0 Å². The number of rotatable bonds is 2. The lowest BCUT2D eigenvalue weighted by atomic mass is 9.65. The molecule has 88 valence electrons. The Bertz CT molecular complexity index is 200. The van der Waals surface area contributed by atoms with Gasteiger partial charge in [0, 0.05) is 6.04 Å². The molecule has 2 rings (SSSR count). The van der Waals surface area contributed by atoms with Crippen molar-refractivity contribution >= 4 is 0 Å². The third-order valence-electron chi connectivity index (χ3n) is 4.89. The molecule has 15 heavy (non-hydrogen) atoms. The van der Waals surface area contributed by atoms with Gasteiger partial charge in [-0.2, -0.15) is 0 Å². The van der Waals surface area contributed by atoms with E-state index in [-0.39, 0.29) is 0 Å². The molecule has 0 aliphatic heterocycles. The molecule has 0 radical (unpaired) electrons. The van der Waals surface area contributed by atoms with E-state index in [1.54, 1.807) is 0 Å². The molecule has 0 spiro atoms. The zero-order chi connectivity index (χ0) is 10.8. The first-order chi connectivity index (χ1) is 7.18. The van der Waals surface area contributed by atoms with Crippen LogP contribution < -0.4 is 5.73 Å². The smallest absolute Gasteiger partial charge is 0.00904 e. The molecular formula is C14H27N. The van der Waals surface area contributed by atoms with Crippen LogP contribution in [0.25, 0.3) is 0 Å². The van der Waals surface area contributed by atoms with E-state index >= 15 is 0 Å². The average Bonchev–Trinajstić information content (AvgIpc) is 2.27. The van der Waals surface area contributed by atoms with Crippen LogP contribution >= 0.6 is 0 Å². The minimum Gasteiger partial charge on any atom is -0.327 e. The van der Waals surface area contributed by atoms with Crippen LogP contribution in [0.2, 0.25) is 0 Å². The third kappa shape index (κ3) is 2.55. The first-order valence-electron chi connectivity index (χ1n) is 6.94. The predicted octanol–water partition coefficient (Wildman–Crippen LogP) is 3.58. The van der Waals surface area contributed by atoms with E-state index in [0.717, 1.165) is 17.8 Å². The van der Waals surface area contributed by atoms with Crippen molar-refractivity contribution in [1.29, 1.82) is 0 Å². The minimum atomic E-state index is 0.452. The fraction of sp³-hybridized carbons (Fsp3) is 1.00. The van der Waals surface area contributed by atoms with Gasteiger partial charge in [-0.15, -0.1) is 0 Å². The molecule has 2 fully saturated rings. The van der Waals surface area contributed by atoms with Crippen LogP contribution in [0.4, 0.5) is 0 Å². The molecule has 0 saturated heterocycles. The zero-order valence-corrected chi connectivity index (χ0v) is 10.4. The first kappa shape index (κ1) is 11.4. The molecule has 0 bridgehead atoms. The van der Waals surface area contributed by atoms with Crippen molar-refractivity contribution in [1.82, 2.24) is 0 Å². The molecule has 1 heteroatoms. The van der Waals surface area contributed by atoms with Gasteiger partial charge in [-0.1, -0.05) is 39.5 Å². The maximum atomic E-state index is 6.31. The first-order valence-corrected chi connectivity index (χ1v) is 6.94. The number of nitrogens with two attached hydrogens (primary N) is 1. The van der Waals surface area contributed by atoms with Gasteiger partial charge in [0.1, 0.15) is 0 Å². The van der Waals surface area contributed by atoms with E-state index in [0.29, 0.717) is 12.0 Å². The lowest BCUT2D eigenvalue weighted by molar-refractivity contribution is 0.108. The van der Waals surface area contributed by atoms with Gasteiger partial charge >= 0.3 is 0 Å². The number of fused-ring (bicyclic) bond motifs is 1. The second-order valence-corrected chi connectivity index (χ2v) is 6.20. The molecular weight excluding hydrogens is 182 g/mol. The van der Waals surface area contributed by atoms with Crippen molar-refractivity contribution in [3.63, 3.8) is 0 Å². The fourth-order valence-corrected chi connectivity index (χ4v) is 3.80. The summed E-state index contributed by atoms with van der Waals surface area (Å²) in [5, 5.41) is 0. The van der Waals surface area contributed by atoms with Gasteiger partial charge < -0.3 is 5.73 Å². The van der Waals surface area contributed by atoms with Crippen molar-refractivity contribution in [3.05, 3.63) is 0 Å². The van der Waals surface area contributed by atoms with E-state index in [9.17, 15) is 0 Å². The summed E-state index contributed by atoms with van der Waals surface area (Å²) >= 11 is 0. The Labute approximate surface area is 94.8 Å². The van der Waals surface area contributed by atoms with Crippen LogP contribution in [0.5, 0.6) is 0 Å². The Morgan fingerprint density at radius 3 is 2.27 bits per heavy atom. The Balaban J connectivity index is 1.90. The summed E-state index contributed by atoms with van der Waals surface area (Å²) in [5.74, 6) is 3.58. The van der Waals surface area contributed by atoms with Gasteiger partial charge in [0.2, 0.25) is 0 Å². The highest BCUT2D eigenvalue weighted by Gasteiger charge is 2.34. The molecule has 0 amide bonds. The van der Waals surface area contributed by atoms with Crippen LogP contribution in [0.15, 0.2) is 0 Å². The summed E-state index contributed by atoms with van der Waals surface area (Å²) in [5.41, 5.74) is 6.31. The quantitative estimate of drug-likeness (QED) is 0.739. The number of hydrogen-bond donors (Lipinski definition) is 1. The maximum absolute atomic E-state index is 6.31. The van der Waals surface area contributed by atoms with Gasteiger partial charge in [-0.25, -0.2) is 0 Å². The van der Waals surface area contributed by atoms with E-state index in [1.165, 1.54) is 44.9 Å². The number of hydrogen-bond acceptors (Lipinski definition) is 1. The van der Waals surface area contributed by atoms with Crippen LogP contribution in [0, 0.1) is 23.7 Å². The lowest BCUT2D eigenvalue weighted by Gasteiger charge is -2.42. The Hall–Kier alpha value is -0.0400. The lowest BCUT2D eigenvalue weighted by Crippen LogP contribution is -2.40. The van der Waals surface area contributed by atoms with E-state index in [4.69, 9.17) is 5.73 Å². The Morgan fingerprint density at radius 1 is 0.933 bits per heavy atom. The molecule has 0 heterocycles. The molecule has 4 atom stereocenters. The van der Waals surface area contributed by atoms with Gasteiger partial charge in [0.15, 0.2) is 0 Å². The molecule has 0 aromatic heterocycles. The van der Waals surface area contributed by atoms with Crippen LogP contribution in [-0.2, 0) is 0 Å². The normalized spacial score (nSPS) is 38.8. The monoisotopic (exact) mass is 209 g/mol. The fourth-order valence-electron chi connectivity index (χ4n) is 3.80. The van der Waals surface area contributed by atoms with Crippen LogP contribution in [-0.4, -0.2) is 6.04 Å². The molecule has 4 unspecified atom stereocenters. The van der Waals surface area contributed by atoms with Crippen molar-refractivity contribution in [2.45, 2.75) is 64.8 Å². The molecule has 2 saturated carbocycles. The maximum Gasteiger partial charge on any atom is 0.00904 e. The van der Waals surface area contributed by atoms with Crippen molar-refractivity contribution in [2.75, 3.05) is 0 Å². The highest BCUT2D eigenvalue weighted by atomic mass is 14.7. The van der Waals surface area contributed by atoms with Gasteiger partial charge in [0.25, 0.3) is 0 Å². The van der Waals surface area contributed by atoms with E-state index in [2.05, 4.69) is 13.8 Å². The summed E-state index contributed by atoms with van der Waals surface area (Å²) in [4.78, 5) is 0. The summed E-state index contributed by atoms with van der Waals surface area (Å²) < 4.78 is 0. The standard InChI is InChI=1S/C14H27N/c1-10(2)14(15)13-8-7-11-5-3-4-6-12(11)9-13/h10-14H,3-9,15H2,1-2H3. The molecule has 1 nitrogen and oxygen atoms in total. The van der Waals surface area contributed by atoms with Crippen LogP contribution in [0.1, 0.15) is 58.8 Å². The van der Waals surface area contributed by atoms with Crippen molar-refractivity contribution in [2.24, 2.45) is 29.4 Å². The van der Waals surface area contributed by atoms with Crippen molar-refractivity contribution < 1.29 is 0 Å². The largest absolute Gasteiger partial charge is 0.327 e. The second-order valence-electron chi connectivity index (χ2n) is 6.20. The van der Waals surface area contributed by atoms with Gasteiger partial charge in [-0.3, -0.25) is 0 Å². The Kier molecular flexibility index (Phi) is 3.71. The summed E-state index contributed by atoms with van der Waals surface area (Å²) in [6.07, 6.45) is 10.3. The van der Waals surface area contributed by atoms with E-state index < -0.39 is 0 Å². The summed E-state index contributed by atoms with van der Waals surface area (Å²) in [6.45, 7) is 4.55. The van der Waals surface area contributed by atoms with E-state index in [1.807, 2.05) is 0 Å². The average molecular weight is 209 g/mol. The predicted molar refractivity (Wildman–Crippen MR) is 65.6 cm³/mol. The zero-order valence-electron chi connectivity index (χ0n) is 10.4. The molecule has 2 N–H and O–H groups in total. The SMILES string of the molecule is CC(C)C(N)C1CCC2CCCCC2C1. The van der Waals surface area contributed by atoms with Crippen LogP contribution in [0.3, 0.4) is 0 Å². The highest BCUT2D eigenvalue weighted by molar-refractivity contribution is 4.87. The molecule has 2 aliphatic rings. The highest BCUT2D eigenvalue weighted by Crippen LogP contribution is 2.43. The molecule has 2 aliphatic carbocycles. The summed E-state index contributed by atoms with van der Waals surface area (Å²) in [6, 6.07) is 0.452. The molecule has 0 aromatic rings. The van der Waals surface area contributed by atoms with Gasteiger partial charge in [0.05, 0.1) is 0 Å². The summed E-state index contributed by atoms with van der Waals surface area (Å²) in [7, 11) is 0. The molecule has 0 aromatic carbocycles. The Morgan fingerprint density at radius 2 is 1.60 bits per heavy atom. The van der Waals surface area contributed by atoms with Gasteiger partial charge in [-0.05, 0) is 42.9 Å². The van der Waals surface area contributed by atoms with Crippen molar-refractivity contribution in [3.8, 4) is 0 Å². The second kappa shape index (κ2) is 4.86.